The van der Waals surface area contributed by atoms with Crippen molar-refractivity contribution in [3.05, 3.63) is 41.7 Å². The number of fused-ring (bicyclic) bond motifs is 1. The molecule has 8 nitrogen and oxygen atoms in total. The minimum atomic E-state index is -0.0629. The van der Waals surface area contributed by atoms with Crippen LogP contribution in [0, 0.1) is 0 Å². The summed E-state index contributed by atoms with van der Waals surface area (Å²) in [6, 6.07) is 7.60. The van der Waals surface area contributed by atoms with Crippen molar-refractivity contribution in [2.24, 2.45) is 0 Å². The molecule has 0 spiro atoms. The van der Waals surface area contributed by atoms with E-state index in [1.54, 1.807) is 10.9 Å². The first-order valence-electron chi connectivity index (χ1n) is 8.50. The monoisotopic (exact) mass is 340 g/mol. The molecule has 4 rings (SSSR count). The Hall–Kier alpha value is -2.74. The zero-order chi connectivity index (χ0) is 17.1. The predicted molar refractivity (Wildman–Crippen MR) is 90.7 cm³/mol. The second kappa shape index (κ2) is 7.02. The molecule has 1 saturated heterocycles. The van der Waals surface area contributed by atoms with Gasteiger partial charge in [-0.15, -0.1) is 0 Å². The summed E-state index contributed by atoms with van der Waals surface area (Å²) >= 11 is 0. The van der Waals surface area contributed by atoms with Gasteiger partial charge in [0.2, 0.25) is 5.91 Å². The van der Waals surface area contributed by atoms with E-state index in [1.807, 2.05) is 24.3 Å². The molecule has 3 aromatic rings. The Morgan fingerprint density at radius 3 is 3.12 bits per heavy atom. The van der Waals surface area contributed by atoms with E-state index in [4.69, 9.17) is 0 Å². The van der Waals surface area contributed by atoms with Crippen molar-refractivity contribution in [1.82, 2.24) is 30.7 Å². The average Bonchev–Trinajstić information content (AvgIpc) is 3.29. The van der Waals surface area contributed by atoms with Crippen LogP contribution in [0.3, 0.4) is 0 Å². The van der Waals surface area contributed by atoms with E-state index in [2.05, 4.69) is 30.7 Å². The fourth-order valence-corrected chi connectivity index (χ4v) is 3.26. The molecule has 25 heavy (non-hydrogen) atoms. The molecule has 0 aliphatic carbocycles. The van der Waals surface area contributed by atoms with Crippen molar-refractivity contribution in [3.63, 3.8) is 0 Å². The zero-order valence-corrected chi connectivity index (χ0v) is 13.8. The standard InChI is InChI=1S/C17H20N6O2/c24-17(19-9-12-3-4-14-15(8-12)22-25-21-14)11-23-16(5-7-20-23)13-2-1-6-18-10-13/h3-5,7-8,13,18H,1-2,6,9-11H2,(H,19,24)/t13-/m0/s1. The summed E-state index contributed by atoms with van der Waals surface area (Å²) in [6.45, 7) is 2.67. The molecule has 0 bridgehead atoms. The van der Waals surface area contributed by atoms with Gasteiger partial charge in [-0.25, -0.2) is 4.63 Å². The maximum Gasteiger partial charge on any atom is 0.242 e. The van der Waals surface area contributed by atoms with Gasteiger partial charge in [0.25, 0.3) is 0 Å². The van der Waals surface area contributed by atoms with Crippen LogP contribution in [-0.2, 0) is 17.9 Å². The van der Waals surface area contributed by atoms with Crippen molar-refractivity contribution in [2.75, 3.05) is 13.1 Å². The molecule has 0 radical (unpaired) electrons. The van der Waals surface area contributed by atoms with Crippen LogP contribution >= 0.6 is 0 Å². The number of carbonyl (C=O) groups is 1. The second-order valence-electron chi connectivity index (χ2n) is 6.32. The maximum absolute atomic E-state index is 12.3. The zero-order valence-electron chi connectivity index (χ0n) is 13.8. The minimum absolute atomic E-state index is 0.0629. The molecule has 1 fully saturated rings. The van der Waals surface area contributed by atoms with Gasteiger partial charge in [-0.3, -0.25) is 9.48 Å². The molecule has 1 aliphatic rings. The average molecular weight is 340 g/mol. The highest BCUT2D eigenvalue weighted by molar-refractivity contribution is 5.76. The largest absolute Gasteiger partial charge is 0.350 e. The Balaban J connectivity index is 1.36. The SMILES string of the molecule is O=C(Cn1nccc1[C@H]1CCCNC1)NCc1ccc2nonc2c1. The lowest BCUT2D eigenvalue weighted by molar-refractivity contribution is -0.122. The van der Waals surface area contributed by atoms with Crippen molar-refractivity contribution in [1.29, 1.82) is 0 Å². The summed E-state index contributed by atoms with van der Waals surface area (Å²) in [4.78, 5) is 12.3. The van der Waals surface area contributed by atoms with Crippen molar-refractivity contribution < 1.29 is 9.42 Å². The van der Waals surface area contributed by atoms with Gasteiger partial charge in [0.1, 0.15) is 17.6 Å². The van der Waals surface area contributed by atoms with Crippen LogP contribution in [0.25, 0.3) is 11.0 Å². The Kier molecular flexibility index (Phi) is 4.43. The molecule has 2 aromatic heterocycles. The van der Waals surface area contributed by atoms with Gasteiger partial charge < -0.3 is 10.6 Å². The number of benzene rings is 1. The van der Waals surface area contributed by atoms with E-state index in [-0.39, 0.29) is 12.5 Å². The summed E-state index contributed by atoms with van der Waals surface area (Å²) in [7, 11) is 0. The van der Waals surface area contributed by atoms with Crippen LogP contribution in [-0.4, -0.2) is 39.1 Å². The topological polar surface area (TPSA) is 97.9 Å². The first-order chi connectivity index (χ1) is 12.3. The summed E-state index contributed by atoms with van der Waals surface area (Å²) < 4.78 is 6.49. The molecule has 0 saturated carbocycles. The Morgan fingerprint density at radius 1 is 1.32 bits per heavy atom. The highest BCUT2D eigenvalue weighted by Gasteiger charge is 2.19. The van der Waals surface area contributed by atoms with Crippen molar-refractivity contribution >= 4 is 16.9 Å². The number of rotatable bonds is 5. The molecule has 3 heterocycles. The van der Waals surface area contributed by atoms with Gasteiger partial charge in [-0.2, -0.15) is 5.10 Å². The van der Waals surface area contributed by atoms with E-state index in [9.17, 15) is 4.79 Å². The maximum atomic E-state index is 12.3. The van der Waals surface area contributed by atoms with Crippen LogP contribution < -0.4 is 10.6 Å². The van der Waals surface area contributed by atoms with E-state index in [1.165, 1.54) is 0 Å². The van der Waals surface area contributed by atoms with Crippen molar-refractivity contribution in [2.45, 2.75) is 31.8 Å². The van der Waals surface area contributed by atoms with Gasteiger partial charge in [-0.1, -0.05) is 6.07 Å². The Bertz CT molecular complexity index is 865. The third-order valence-corrected chi connectivity index (χ3v) is 4.57. The smallest absolute Gasteiger partial charge is 0.242 e. The van der Waals surface area contributed by atoms with Gasteiger partial charge in [0, 0.05) is 30.9 Å². The molecule has 1 aliphatic heterocycles. The quantitative estimate of drug-likeness (QED) is 0.724. The summed E-state index contributed by atoms with van der Waals surface area (Å²) in [5.41, 5.74) is 3.47. The number of amides is 1. The van der Waals surface area contributed by atoms with Crippen LogP contribution in [0.15, 0.2) is 35.1 Å². The molecule has 1 atom stereocenters. The molecule has 130 valence electrons. The van der Waals surface area contributed by atoms with Crippen LogP contribution in [0.2, 0.25) is 0 Å². The van der Waals surface area contributed by atoms with Crippen LogP contribution in [0.5, 0.6) is 0 Å². The number of piperidine rings is 1. The molecule has 0 unspecified atom stereocenters. The van der Waals surface area contributed by atoms with Crippen molar-refractivity contribution in [3.8, 4) is 0 Å². The fraction of sp³-hybridized carbons (Fsp3) is 0.412. The van der Waals surface area contributed by atoms with E-state index >= 15 is 0 Å². The van der Waals surface area contributed by atoms with Gasteiger partial charge in [0.05, 0.1) is 0 Å². The van der Waals surface area contributed by atoms with Gasteiger partial charge >= 0.3 is 0 Å². The minimum Gasteiger partial charge on any atom is -0.350 e. The lowest BCUT2D eigenvalue weighted by Crippen LogP contribution is -2.32. The second-order valence-corrected chi connectivity index (χ2v) is 6.32. The molecule has 1 aromatic carbocycles. The number of nitrogens with zero attached hydrogens (tertiary/aromatic N) is 4. The molecular weight excluding hydrogens is 320 g/mol. The summed E-state index contributed by atoms with van der Waals surface area (Å²) in [5, 5.41) is 18.2. The molecule has 8 heteroatoms. The molecule has 2 N–H and O–H groups in total. The first-order valence-corrected chi connectivity index (χ1v) is 8.50. The molecule has 1 amide bonds. The van der Waals surface area contributed by atoms with E-state index in [0.717, 1.165) is 37.2 Å². The highest BCUT2D eigenvalue weighted by atomic mass is 16.6. The van der Waals surface area contributed by atoms with Gasteiger partial charge in [-0.05, 0) is 53.5 Å². The van der Waals surface area contributed by atoms with Crippen LogP contribution in [0.1, 0.15) is 30.0 Å². The highest BCUT2D eigenvalue weighted by Crippen LogP contribution is 2.22. The number of hydrogen-bond acceptors (Lipinski definition) is 6. The Morgan fingerprint density at radius 2 is 2.24 bits per heavy atom. The van der Waals surface area contributed by atoms with E-state index < -0.39 is 0 Å². The normalized spacial score (nSPS) is 17.7. The first kappa shape index (κ1) is 15.8. The lowest BCUT2D eigenvalue weighted by Gasteiger charge is -2.23. The molecular formula is C17H20N6O2. The number of hydrogen-bond donors (Lipinski definition) is 2. The number of aromatic nitrogens is 4. The lowest BCUT2D eigenvalue weighted by atomic mass is 9.96. The van der Waals surface area contributed by atoms with E-state index in [0.29, 0.717) is 23.5 Å². The Labute approximate surface area is 144 Å². The summed E-state index contributed by atoms with van der Waals surface area (Å²) in [6.07, 6.45) is 4.05. The third kappa shape index (κ3) is 3.53. The number of carbonyl (C=O) groups excluding carboxylic acids is 1. The predicted octanol–water partition coefficient (Wildman–Crippen LogP) is 1.20. The van der Waals surface area contributed by atoms with Crippen LogP contribution in [0.4, 0.5) is 0 Å². The van der Waals surface area contributed by atoms with Gasteiger partial charge in [0.15, 0.2) is 0 Å². The fourth-order valence-electron chi connectivity index (χ4n) is 3.26. The third-order valence-electron chi connectivity index (χ3n) is 4.57. The summed E-state index contributed by atoms with van der Waals surface area (Å²) in [5.74, 6) is 0.359. The number of nitrogens with one attached hydrogen (secondary N) is 2.